The van der Waals surface area contributed by atoms with Gasteiger partial charge in [-0.3, -0.25) is 14.4 Å². The molecular formula is C45H72N4O17. The van der Waals surface area contributed by atoms with Crippen LogP contribution in [-0.4, -0.2) is 165 Å². The van der Waals surface area contributed by atoms with Gasteiger partial charge in [0.1, 0.15) is 42.4 Å². The summed E-state index contributed by atoms with van der Waals surface area (Å²) in [7, 11) is 6.11. The molecule has 1 aromatic rings. The topological polar surface area (TPSA) is 255 Å². The highest BCUT2D eigenvalue weighted by molar-refractivity contribution is 5.72. The number of aldehydes is 1. The number of aliphatic hydroxyl groups is 3. The zero-order valence-electron chi connectivity index (χ0n) is 40.2. The van der Waals surface area contributed by atoms with E-state index in [0.717, 1.165) is 9.25 Å². The number of hydrogen-bond donors (Lipinski definition) is 3. The van der Waals surface area contributed by atoms with Crippen LogP contribution in [0.2, 0.25) is 0 Å². The fourth-order valence-corrected chi connectivity index (χ4v) is 10.1. The molecule has 66 heavy (non-hydrogen) atoms. The minimum Gasteiger partial charge on any atom is -0.462 e. The molecule has 0 saturated carbocycles. The molecule has 5 aliphatic heterocycles. The molecule has 2 unspecified atom stereocenters. The van der Waals surface area contributed by atoms with Crippen molar-refractivity contribution in [1.82, 2.24) is 18.8 Å². The quantitative estimate of drug-likeness (QED) is 0.114. The number of hydrogen-bond acceptors (Lipinski definition) is 18. The number of aliphatic hydroxyl groups excluding tert-OH is 2. The summed E-state index contributed by atoms with van der Waals surface area (Å²) in [5, 5.41) is 35.8. The number of esters is 3. The third kappa shape index (κ3) is 11.9. The predicted molar refractivity (Wildman–Crippen MR) is 233 cm³/mol. The van der Waals surface area contributed by atoms with E-state index in [9.17, 15) is 44.1 Å². The number of nitrogens with zero attached hydrogens (tertiary/aromatic N) is 4. The van der Waals surface area contributed by atoms with Crippen LogP contribution in [0.4, 0.5) is 0 Å². The number of ether oxygens (including phenoxy) is 8. The smallest absolute Gasteiger partial charge is 0.347 e. The largest absolute Gasteiger partial charge is 0.462 e. The summed E-state index contributed by atoms with van der Waals surface area (Å²) in [6.07, 6.45) is -9.85. The first-order valence-corrected chi connectivity index (χ1v) is 22.9. The molecular weight excluding hydrogens is 869 g/mol. The van der Waals surface area contributed by atoms with Gasteiger partial charge in [0.05, 0.1) is 49.0 Å². The van der Waals surface area contributed by atoms with Crippen LogP contribution in [0.3, 0.4) is 0 Å². The molecule has 21 heteroatoms. The van der Waals surface area contributed by atoms with Gasteiger partial charge in [0.2, 0.25) is 0 Å². The lowest BCUT2D eigenvalue weighted by Crippen LogP contribution is -2.66. The standard InChI is InChI=1S/C45H72N4O17/c1-22(2)17-32(52)64-41-26(6)61-34(21-45(41,8)58)65-39-25(5)62-42(37(55)35(39)46(9)10)66-38-23(3)18-28(15-16-50)36(54)30-14-13-29(48-43(56)47(11)44(57)49(30)48)19-24(4)60-33(53)20-31(40(38)59-12)63-27(7)51/h13-14,16,22-26,28-31,34-42,54-55,58H,15,17-21H2,1-12H3/t23-,24+,25+,26-,28+,29?,30?,31+,34-,35+,36+,37+,38-,39+,40-,41-,42-,45+/m0/s1. The van der Waals surface area contributed by atoms with E-state index in [4.69, 9.17) is 37.9 Å². The summed E-state index contributed by atoms with van der Waals surface area (Å²) >= 11 is 0. The van der Waals surface area contributed by atoms with E-state index in [2.05, 4.69) is 0 Å². The van der Waals surface area contributed by atoms with Crippen LogP contribution in [-0.2, 0) is 64.1 Å². The monoisotopic (exact) mass is 940 g/mol. The second-order valence-corrected chi connectivity index (χ2v) is 19.4. The van der Waals surface area contributed by atoms with Crippen LogP contribution >= 0.6 is 0 Å². The van der Waals surface area contributed by atoms with Gasteiger partial charge in [0.15, 0.2) is 18.7 Å². The van der Waals surface area contributed by atoms with Crippen molar-refractivity contribution >= 4 is 24.2 Å². The van der Waals surface area contributed by atoms with Gasteiger partial charge in [-0.05, 0) is 66.0 Å². The molecule has 6 rings (SSSR count). The fourth-order valence-electron chi connectivity index (χ4n) is 10.1. The van der Waals surface area contributed by atoms with Crippen molar-refractivity contribution in [3.8, 4) is 0 Å². The number of carbonyl (C=O) groups is 4. The molecule has 2 fully saturated rings. The summed E-state index contributed by atoms with van der Waals surface area (Å²) in [6.45, 7) is 13.2. The number of methoxy groups -OCH3 is 1. The number of rotatable bonds is 12. The van der Waals surface area contributed by atoms with Crippen molar-refractivity contribution < 1.29 is 72.4 Å². The maximum absolute atomic E-state index is 13.7. The minimum atomic E-state index is -1.54. The minimum absolute atomic E-state index is 0.0183. The highest BCUT2D eigenvalue weighted by atomic mass is 16.7. The fraction of sp³-hybridized carbons (Fsp3) is 0.822. The highest BCUT2D eigenvalue weighted by Gasteiger charge is 2.53. The number of aromatic nitrogens is 3. The SMILES string of the molecule is CO[C@@H]1[C@@H](O[C@@H]2O[C@H](C)[C@@H](O[C@H]3C[C@@](C)(O)[C@@H](OC(=O)CC(C)C)[C@H](C)O3)[C@H](N(C)C)[C@H]2O)[C@@H](C)C[C@@H](CC=O)[C@@H](O)C2C=CC(C[C@@H](C)OC(=O)C[C@H]1OC(C)=O)n1c(=O)n(C)c(=O)n12. The van der Waals surface area contributed by atoms with E-state index in [1.165, 1.54) is 25.8 Å². The van der Waals surface area contributed by atoms with Crippen LogP contribution in [0.25, 0.3) is 0 Å². The van der Waals surface area contributed by atoms with Gasteiger partial charge >= 0.3 is 29.3 Å². The molecule has 0 aliphatic carbocycles. The van der Waals surface area contributed by atoms with E-state index in [1.807, 2.05) is 13.8 Å². The number of fused-ring (bicyclic) bond motifs is 11. The van der Waals surface area contributed by atoms with Crippen molar-refractivity contribution in [3.63, 3.8) is 0 Å². The molecule has 21 nitrogen and oxygen atoms in total. The van der Waals surface area contributed by atoms with Gasteiger partial charge in [-0.25, -0.2) is 23.5 Å². The zero-order chi connectivity index (χ0) is 49.1. The molecule has 0 amide bonds. The summed E-state index contributed by atoms with van der Waals surface area (Å²) in [5.41, 5.74) is -2.88. The molecule has 2 saturated heterocycles. The Kier molecular flexibility index (Phi) is 17.8. The van der Waals surface area contributed by atoms with Gasteiger partial charge in [-0.1, -0.05) is 32.9 Å². The maximum atomic E-state index is 13.7. The van der Waals surface area contributed by atoms with Crippen LogP contribution in [0.1, 0.15) is 106 Å². The number of allylic oxidation sites excluding steroid dienone is 1. The Labute approximate surface area is 385 Å². The van der Waals surface area contributed by atoms with Crippen LogP contribution in [0.15, 0.2) is 21.7 Å². The molecule has 3 N–H and O–H groups in total. The second-order valence-electron chi connectivity index (χ2n) is 19.4. The molecule has 6 heterocycles. The van der Waals surface area contributed by atoms with Gasteiger partial charge < -0.3 is 62.9 Å². The van der Waals surface area contributed by atoms with Crippen molar-refractivity contribution in [1.29, 1.82) is 0 Å². The van der Waals surface area contributed by atoms with E-state index < -0.39 is 145 Å². The van der Waals surface area contributed by atoms with Gasteiger partial charge in [0.25, 0.3) is 0 Å². The Bertz CT molecular complexity index is 1990. The normalized spacial score (nSPS) is 39.0. The van der Waals surface area contributed by atoms with E-state index in [-0.39, 0.29) is 38.0 Å². The van der Waals surface area contributed by atoms with E-state index >= 15 is 0 Å². The predicted octanol–water partition coefficient (Wildman–Crippen LogP) is 0.915. The summed E-state index contributed by atoms with van der Waals surface area (Å²) in [4.78, 5) is 80.0. The van der Waals surface area contributed by atoms with Crippen LogP contribution in [0, 0.1) is 17.8 Å². The van der Waals surface area contributed by atoms with Gasteiger partial charge in [0, 0.05) is 46.8 Å². The summed E-state index contributed by atoms with van der Waals surface area (Å²) in [5.74, 6) is -3.51. The Morgan fingerprint density at radius 2 is 1.61 bits per heavy atom. The Morgan fingerprint density at radius 3 is 2.20 bits per heavy atom. The summed E-state index contributed by atoms with van der Waals surface area (Å²) in [6, 6.07) is -2.65. The second kappa shape index (κ2) is 22.1. The first-order chi connectivity index (χ1) is 30.9. The molecule has 2 bridgehead atoms. The Balaban J connectivity index is 1.48. The van der Waals surface area contributed by atoms with E-state index in [1.54, 1.807) is 65.8 Å². The van der Waals surface area contributed by atoms with Gasteiger partial charge in [-0.15, -0.1) is 0 Å². The first kappa shape index (κ1) is 53.2. The molecule has 0 aromatic carbocycles. The Morgan fingerprint density at radius 1 is 0.939 bits per heavy atom. The highest BCUT2D eigenvalue weighted by Crippen LogP contribution is 2.39. The Hall–Kier alpha value is -3.80. The summed E-state index contributed by atoms with van der Waals surface area (Å²) < 4.78 is 52.3. The maximum Gasteiger partial charge on any atom is 0.347 e. The van der Waals surface area contributed by atoms with Crippen molar-refractivity contribution in [2.45, 2.75) is 191 Å². The molecule has 18 atom stereocenters. The van der Waals surface area contributed by atoms with Crippen LogP contribution in [0.5, 0.6) is 0 Å². The molecule has 0 spiro atoms. The molecule has 374 valence electrons. The lowest BCUT2D eigenvalue weighted by molar-refractivity contribution is -0.344. The molecule has 0 radical (unpaired) electrons. The first-order valence-electron chi connectivity index (χ1n) is 22.9. The lowest BCUT2D eigenvalue weighted by atomic mass is 9.81. The van der Waals surface area contributed by atoms with Crippen molar-refractivity contribution in [2.75, 3.05) is 21.2 Å². The molecule has 5 aliphatic rings. The average Bonchev–Trinajstić information content (AvgIpc) is 3.43. The lowest BCUT2D eigenvalue weighted by Gasteiger charge is -2.50. The third-order valence-corrected chi connectivity index (χ3v) is 13.1. The number of likely N-dealkylation sites (N-methyl/N-ethyl adjacent to an activating group) is 1. The average molecular weight is 941 g/mol. The zero-order valence-corrected chi connectivity index (χ0v) is 40.2. The number of carbonyl (C=O) groups excluding carboxylic acids is 4. The van der Waals surface area contributed by atoms with Gasteiger partial charge in [-0.2, -0.15) is 0 Å². The van der Waals surface area contributed by atoms with Crippen molar-refractivity contribution in [2.24, 2.45) is 24.8 Å². The van der Waals surface area contributed by atoms with Crippen LogP contribution < -0.4 is 11.4 Å². The molecule has 1 aromatic heterocycles. The van der Waals surface area contributed by atoms with E-state index in [0.29, 0.717) is 6.29 Å². The third-order valence-electron chi connectivity index (χ3n) is 13.1. The van der Waals surface area contributed by atoms with Crippen molar-refractivity contribution in [3.05, 3.63) is 33.1 Å².